The molecule has 0 N–H and O–H groups in total. The molecule has 0 rings (SSSR count). The Balaban J connectivity index is 5.73. The highest BCUT2D eigenvalue weighted by atomic mass is 28.4. The second-order valence-electron chi connectivity index (χ2n) is 4.61. The first-order valence-electron chi connectivity index (χ1n) is 9.16. The minimum absolute atomic E-state index is 0.347. The summed E-state index contributed by atoms with van der Waals surface area (Å²) < 4.78 is 46.4. The normalized spacial score (nSPS) is 14.0. The average Bonchev–Trinajstić information content (AvgIpc) is 2.56. The van der Waals surface area contributed by atoms with Crippen molar-refractivity contribution in [1.29, 1.82) is 0 Å². The summed E-state index contributed by atoms with van der Waals surface area (Å²) in [6.45, 7) is 15.4. The Labute approximate surface area is 153 Å². The molecule has 0 aliphatic heterocycles. The van der Waals surface area contributed by atoms with Gasteiger partial charge in [-0.05, 0) is 48.5 Å². The van der Waals surface area contributed by atoms with E-state index in [4.69, 9.17) is 36.7 Å². The van der Waals surface area contributed by atoms with Crippen LogP contribution in [0.3, 0.4) is 0 Å². The summed E-state index contributed by atoms with van der Waals surface area (Å²) in [5.74, 6) is -1.53. The van der Waals surface area contributed by atoms with Crippen LogP contribution in [-0.4, -0.2) is 67.6 Å². The smallest absolute Gasteiger partial charge is 0.351 e. The van der Waals surface area contributed by atoms with E-state index in [1.807, 2.05) is 48.5 Å². The van der Waals surface area contributed by atoms with Crippen LogP contribution in [0.5, 0.6) is 0 Å². The highest BCUT2D eigenvalue weighted by molar-refractivity contribution is 6.53. The second kappa shape index (κ2) is 14.0. The van der Waals surface area contributed by atoms with E-state index in [1.54, 1.807) is 0 Å². The third-order valence-electron chi connectivity index (χ3n) is 2.86. The van der Waals surface area contributed by atoms with E-state index in [-0.39, 0.29) is 0 Å². The van der Waals surface area contributed by atoms with Crippen LogP contribution < -0.4 is 0 Å². The van der Waals surface area contributed by atoms with Crippen LogP contribution in [0, 0.1) is 0 Å². The molecule has 0 radical (unpaired) electrons. The summed E-state index contributed by atoms with van der Waals surface area (Å²) in [7, 11) is -3.46. The molecule has 8 nitrogen and oxygen atoms in total. The molecular weight excluding hydrogens is 348 g/mol. The van der Waals surface area contributed by atoms with E-state index in [9.17, 15) is 0 Å². The minimum Gasteiger partial charge on any atom is -0.351 e. The van der Waals surface area contributed by atoms with Gasteiger partial charge in [0.1, 0.15) is 0 Å². The van der Waals surface area contributed by atoms with Crippen LogP contribution in [0.2, 0.25) is 0 Å². The van der Waals surface area contributed by atoms with Gasteiger partial charge in [0.2, 0.25) is 6.29 Å². The summed E-state index contributed by atoms with van der Waals surface area (Å²) in [5, 5.41) is 0. The SMILES string of the molecule is CCOC(O[Si](OCC)(OCC)OCC)C(OCC)(OCC)OCC. The van der Waals surface area contributed by atoms with E-state index in [0.717, 1.165) is 0 Å². The van der Waals surface area contributed by atoms with Gasteiger partial charge in [0.05, 0.1) is 0 Å². The second-order valence-corrected chi connectivity index (χ2v) is 6.71. The summed E-state index contributed by atoms with van der Waals surface area (Å²) in [6.07, 6.45) is -1.03. The molecule has 25 heavy (non-hydrogen) atoms. The molecule has 0 bridgehead atoms. The molecule has 0 fully saturated rings. The zero-order valence-electron chi connectivity index (χ0n) is 16.8. The molecule has 0 aliphatic carbocycles. The van der Waals surface area contributed by atoms with Gasteiger partial charge in [-0.25, -0.2) is 0 Å². The van der Waals surface area contributed by atoms with Crippen molar-refractivity contribution in [1.82, 2.24) is 0 Å². The van der Waals surface area contributed by atoms with Gasteiger partial charge >= 0.3 is 15.0 Å². The molecule has 9 heteroatoms. The minimum atomic E-state index is -3.46. The fourth-order valence-corrected chi connectivity index (χ4v) is 4.17. The van der Waals surface area contributed by atoms with Gasteiger partial charge < -0.3 is 36.7 Å². The van der Waals surface area contributed by atoms with Crippen molar-refractivity contribution < 1.29 is 36.7 Å². The number of ether oxygens (including phenoxy) is 4. The lowest BCUT2D eigenvalue weighted by atomic mass is 10.5. The molecule has 152 valence electrons. The van der Waals surface area contributed by atoms with Gasteiger partial charge in [-0.3, -0.25) is 0 Å². The largest absolute Gasteiger partial charge is 0.681 e. The van der Waals surface area contributed by atoms with Crippen molar-refractivity contribution in [3.05, 3.63) is 0 Å². The van der Waals surface area contributed by atoms with Crippen molar-refractivity contribution in [3.8, 4) is 0 Å². The third-order valence-corrected chi connectivity index (χ3v) is 5.29. The van der Waals surface area contributed by atoms with Gasteiger partial charge in [-0.15, -0.1) is 0 Å². The molecule has 0 saturated carbocycles. The Hall–Kier alpha value is -0.103. The van der Waals surface area contributed by atoms with Crippen molar-refractivity contribution in [2.24, 2.45) is 0 Å². The Morgan fingerprint density at radius 3 is 1.28 bits per heavy atom. The van der Waals surface area contributed by atoms with Gasteiger partial charge in [0.25, 0.3) is 0 Å². The Morgan fingerprint density at radius 2 is 1.00 bits per heavy atom. The molecule has 0 aromatic heterocycles. The number of hydrogen-bond donors (Lipinski definition) is 0. The topological polar surface area (TPSA) is 73.8 Å². The Morgan fingerprint density at radius 1 is 0.600 bits per heavy atom. The van der Waals surface area contributed by atoms with Gasteiger partial charge in [0.15, 0.2) is 0 Å². The maximum Gasteiger partial charge on any atom is 0.681 e. The molecular formula is C16H36O8Si. The predicted octanol–water partition coefficient (Wildman–Crippen LogP) is 2.67. The van der Waals surface area contributed by atoms with E-state index in [2.05, 4.69) is 0 Å². The van der Waals surface area contributed by atoms with E-state index < -0.39 is 21.3 Å². The lowest BCUT2D eigenvalue weighted by Crippen LogP contribution is -2.60. The molecule has 0 amide bonds. The van der Waals surface area contributed by atoms with Gasteiger partial charge in [0, 0.05) is 46.2 Å². The van der Waals surface area contributed by atoms with Crippen LogP contribution in [0.1, 0.15) is 48.5 Å². The number of hydrogen-bond acceptors (Lipinski definition) is 8. The monoisotopic (exact) mass is 384 g/mol. The molecule has 0 spiro atoms. The first-order chi connectivity index (χ1) is 12.0. The van der Waals surface area contributed by atoms with Gasteiger partial charge in [-0.2, -0.15) is 0 Å². The van der Waals surface area contributed by atoms with Crippen molar-refractivity contribution in [2.45, 2.75) is 60.7 Å². The fourth-order valence-electron chi connectivity index (χ4n) is 2.18. The van der Waals surface area contributed by atoms with E-state index >= 15 is 0 Å². The fraction of sp³-hybridized carbons (Fsp3) is 1.00. The Kier molecular flexibility index (Phi) is 14.0. The predicted molar refractivity (Wildman–Crippen MR) is 94.7 cm³/mol. The zero-order valence-corrected chi connectivity index (χ0v) is 17.8. The quantitative estimate of drug-likeness (QED) is 0.280. The summed E-state index contributed by atoms with van der Waals surface area (Å²) >= 11 is 0. The first kappa shape index (κ1) is 24.9. The molecule has 0 aromatic carbocycles. The van der Waals surface area contributed by atoms with Gasteiger partial charge in [-0.1, -0.05) is 0 Å². The molecule has 1 atom stereocenters. The van der Waals surface area contributed by atoms with E-state index in [0.29, 0.717) is 46.2 Å². The van der Waals surface area contributed by atoms with E-state index in [1.165, 1.54) is 0 Å². The third kappa shape index (κ3) is 7.98. The maximum absolute atomic E-state index is 6.10. The number of rotatable bonds is 17. The molecule has 0 heterocycles. The van der Waals surface area contributed by atoms with Crippen molar-refractivity contribution >= 4 is 9.05 Å². The van der Waals surface area contributed by atoms with Crippen molar-refractivity contribution in [3.63, 3.8) is 0 Å². The highest BCUT2D eigenvalue weighted by Gasteiger charge is 2.55. The molecule has 0 aliphatic rings. The maximum atomic E-state index is 6.10. The van der Waals surface area contributed by atoms with Crippen molar-refractivity contribution in [2.75, 3.05) is 46.2 Å². The summed E-state index contributed by atoms with van der Waals surface area (Å²) in [6, 6.07) is 0. The van der Waals surface area contributed by atoms with Crippen LogP contribution >= 0.6 is 0 Å². The average molecular weight is 385 g/mol. The molecule has 0 aromatic rings. The van der Waals surface area contributed by atoms with Crippen LogP contribution in [-0.2, 0) is 36.7 Å². The first-order valence-corrected chi connectivity index (χ1v) is 10.8. The summed E-state index contributed by atoms with van der Waals surface area (Å²) in [4.78, 5) is 0. The molecule has 0 saturated heterocycles. The van der Waals surface area contributed by atoms with Crippen LogP contribution in [0.25, 0.3) is 0 Å². The molecule has 1 unspecified atom stereocenters. The van der Waals surface area contributed by atoms with Crippen LogP contribution in [0.15, 0.2) is 0 Å². The highest BCUT2D eigenvalue weighted by Crippen LogP contribution is 2.28. The summed E-state index contributed by atoms with van der Waals surface area (Å²) in [5.41, 5.74) is 0. The Bertz CT molecular complexity index is 284. The lowest BCUT2D eigenvalue weighted by Gasteiger charge is -2.40. The lowest BCUT2D eigenvalue weighted by molar-refractivity contribution is -0.448. The standard InChI is InChI=1S/C16H36O8Si/c1-8-17-15(16(18-9-2,19-10-3)20-11-4)24-25(21-12-5,22-13-6)23-14-7/h15H,8-14H2,1-7H3. The zero-order chi connectivity index (χ0) is 19.2. The van der Waals surface area contributed by atoms with Crippen LogP contribution in [0.4, 0.5) is 0 Å².